The van der Waals surface area contributed by atoms with Gasteiger partial charge in [0.15, 0.2) is 0 Å². The van der Waals surface area contributed by atoms with Crippen LogP contribution in [0.3, 0.4) is 0 Å². The monoisotopic (exact) mass is 265 g/mol. The summed E-state index contributed by atoms with van der Waals surface area (Å²) in [5.74, 6) is 1.86. The summed E-state index contributed by atoms with van der Waals surface area (Å²) >= 11 is 0. The predicted molar refractivity (Wildman–Crippen MR) is 78.7 cm³/mol. The van der Waals surface area contributed by atoms with E-state index < -0.39 is 0 Å². The van der Waals surface area contributed by atoms with E-state index in [1.165, 1.54) is 0 Å². The normalized spacial score (nSPS) is 14.2. The van der Waals surface area contributed by atoms with Crippen LogP contribution < -0.4 is 10.1 Å². The third kappa shape index (κ3) is 4.78. The highest BCUT2D eigenvalue weighted by atomic mass is 16.5. The summed E-state index contributed by atoms with van der Waals surface area (Å²) in [5, 5.41) is 3.55. The van der Waals surface area contributed by atoms with E-state index in [0.29, 0.717) is 24.4 Å². The summed E-state index contributed by atoms with van der Waals surface area (Å²) in [7, 11) is 0. The number of hydrogen-bond acceptors (Lipinski definition) is 4. The molecule has 2 unspecified atom stereocenters. The van der Waals surface area contributed by atoms with Crippen LogP contribution in [0.1, 0.15) is 58.0 Å². The highest BCUT2D eigenvalue weighted by Crippen LogP contribution is 2.24. The minimum Gasteiger partial charge on any atom is -0.478 e. The van der Waals surface area contributed by atoms with Gasteiger partial charge in [0.1, 0.15) is 5.82 Å². The second-order valence-corrected chi connectivity index (χ2v) is 4.87. The van der Waals surface area contributed by atoms with Gasteiger partial charge in [0.25, 0.3) is 0 Å². The lowest BCUT2D eigenvalue weighted by Crippen LogP contribution is -2.33. The standard InChI is InChI=1S/C15H27N3O/c1-6-9-16-11(4)13(7-2)14-10-15(19-8-3)18-12(5)17-14/h10-11,13,16H,6-9H2,1-5H3. The zero-order valence-electron chi connectivity index (χ0n) is 12.9. The van der Waals surface area contributed by atoms with Crippen LogP contribution in [0.5, 0.6) is 5.88 Å². The molecule has 0 spiro atoms. The number of hydrogen-bond donors (Lipinski definition) is 1. The van der Waals surface area contributed by atoms with Gasteiger partial charge >= 0.3 is 0 Å². The summed E-state index contributed by atoms with van der Waals surface area (Å²) in [4.78, 5) is 8.89. The van der Waals surface area contributed by atoms with Crippen LogP contribution in [0, 0.1) is 6.92 Å². The molecule has 0 saturated carbocycles. The summed E-state index contributed by atoms with van der Waals surface area (Å²) in [6, 6.07) is 2.39. The van der Waals surface area contributed by atoms with Gasteiger partial charge in [0.05, 0.1) is 12.3 Å². The van der Waals surface area contributed by atoms with Crippen LogP contribution in [-0.4, -0.2) is 29.2 Å². The lowest BCUT2D eigenvalue weighted by molar-refractivity contribution is 0.323. The van der Waals surface area contributed by atoms with Crippen LogP contribution in [0.2, 0.25) is 0 Å². The minimum absolute atomic E-state index is 0.396. The molecule has 0 aromatic carbocycles. The second-order valence-electron chi connectivity index (χ2n) is 4.87. The highest BCUT2D eigenvalue weighted by Gasteiger charge is 2.19. The Morgan fingerprint density at radius 3 is 2.58 bits per heavy atom. The van der Waals surface area contributed by atoms with Gasteiger partial charge in [-0.3, -0.25) is 0 Å². The molecule has 1 heterocycles. The molecule has 1 aromatic heterocycles. The smallest absolute Gasteiger partial charge is 0.216 e. The van der Waals surface area contributed by atoms with Crippen molar-refractivity contribution in [2.75, 3.05) is 13.2 Å². The maximum atomic E-state index is 5.51. The van der Waals surface area contributed by atoms with E-state index >= 15 is 0 Å². The molecule has 19 heavy (non-hydrogen) atoms. The fraction of sp³-hybridized carbons (Fsp3) is 0.733. The molecule has 0 aliphatic carbocycles. The van der Waals surface area contributed by atoms with Crippen LogP contribution in [0.15, 0.2) is 6.07 Å². The zero-order chi connectivity index (χ0) is 14.3. The van der Waals surface area contributed by atoms with E-state index in [1.54, 1.807) is 0 Å². The van der Waals surface area contributed by atoms with Gasteiger partial charge in [-0.2, -0.15) is 4.98 Å². The second kappa shape index (κ2) is 8.10. The van der Waals surface area contributed by atoms with Gasteiger partial charge in [0.2, 0.25) is 5.88 Å². The number of aryl methyl sites for hydroxylation is 1. The van der Waals surface area contributed by atoms with Crippen molar-refractivity contribution in [1.82, 2.24) is 15.3 Å². The molecule has 4 nitrogen and oxygen atoms in total. The Labute approximate surface area is 117 Å². The highest BCUT2D eigenvalue weighted by molar-refractivity contribution is 5.20. The first kappa shape index (κ1) is 15.9. The van der Waals surface area contributed by atoms with Crippen molar-refractivity contribution in [3.63, 3.8) is 0 Å². The van der Waals surface area contributed by atoms with Crippen molar-refractivity contribution in [2.24, 2.45) is 0 Å². The molecule has 4 heteroatoms. The Morgan fingerprint density at radius 1 is 1.26 bits per heavy atom. The number of nitrogens with zero attached hydrogens (tertiary/aromatic N) is 2. The van der Waals surface area contributed by atoms with E-state index in [0.717, 1.165) is 30.9 Å². The molecular weight excluding hydrogens is 238 g/mol. The van der Waals surface area contributed by atoms with Crippen LogP contribution in [0.25, 0.3) is 0 Å². The van der Waals surface area contributed by atoms with Gasteiger partial charge in [-0.15, -0.1) is 0 Å². The maximum absolute atomic E-state index is 5.51. The van der Waals surface area contributed by atoms with E-state index in [9.17, 15) is 0 Å². The SMILES string of the molecule is CCCNC(C)C(CC)c1cc(OCC)nc(C)n1. The molecule has 0 fully saturated rings. The van der Waals surface area contributed by atoms with E-state index in [4.69, 9.17) is 4.74 Å². The number of aromatic nitrogens is 2. The fourth-order valence-corrected chi connectivity index (χ4v) is 2.31. The molecule has 0 aliphatic rings. The van der Waals surface area contributed by atoms with Crippen molar-refractivity contribution in [1.29, 1.82) is 0 Å². The Bertz CT molecular complexity index is 382. The first-order valence-electron chi connectivity index (χ1n) is 7.34. The molecule has 0 aliphatic heterocycles. The van der Waals surface area contributed by atoms with Gasteiger partial charge in [-0.05, 0) is 40.2 Å². The molecule has 108 valence electrons. The number of ether oxygens (including phenoxy) is 1. The van der Waals surface area contributed by atoms with E-state index in [-0.39, 0.29) is 0 Å². The summed E-state index contributed by atoms with van der Waals surface area (Å²) in [5.41, 5.74) is 1.08. The van der Waals surface area contributed by atoms with Crippen LogP contribution in [-0.2, 0) is 0 Å². The third-order valence-corrected chi connectivity index (χ3v) is 3.27. The van der Waals surface area contributed by atoms with Crippen molar-refractivity contribution >= 4 is 0 Å². The van der Waals surface area contributed by atoms with Gasteiger partial charge in [-0.1, -0.05) is 13.8 Å². The average molecular weight is 265 g/mol. The summed E-state index contributed by atoms with van der Waals surface area (Å²) < 4.78 is 5.51. The van der Waals surface area contributed by atoms with Gasteiger partial charge in [0, 0.05) is 18.0 Å². The Balaban J connectivity index is 2.90. The lowest BCUT2D eigenvalue weighted by Gasteiger charge is -2.24. The average Bonchev–Trinajstić information content (AvgIpc) is 2.37. The predicted octanol–water partition coefficient (Wildman–Crippen LogP) is 3.07. The first-order valence-corrected chi connectivity index (χ1v) is 7.34. The first-order chi connectivity index (χ1) is 9.12. The van der Waals surface area contributed by atoms with Gasteiger partial charge in [-0.25, -0.2) is 4.98 Å². The minimum atomic E-state index is 0.396. The van der Waals surface area contributed by atoms with Gasteiger partial charge < -0.3 is 10.1 Å². The largest absolute Gasteiger partial charge is 0.478 e. The molecule has 0 bridgehead atoms. The molecule has 0 saturated heterocycles. The topological polar surface area (TPSA) is 47.0 Å². The van der Waals surface area contributed by atoms with Crippen molar-refractivity contribution in [3.05, 3.63) is 17.6 Å². The Morgan fingerprint density at radius 2 is 2.00 bits per heavy atom. The molecule has 2 atom stereocenters. The lowest BCUT2D eigenvalue weighted by atomic mass is 9.94. The van der Waals surface area contributed by atoms with E-state index in [2.05, 4.69) is 36.1 Å². The van der Waals surface area contributed by atoms with Crippen molar-refractivity contribution in [3.8, 4) is 5.88 Å². The number of rotatable bonds is 8. The van der Waals surface area contributed by atoms with Crippen molar-refractivity contribution < 1.29 is 4.74 Å². The summed E-state index contributed by atoms with van der Waals surface area (Å²) in [6.07, 6.45) is 2.20. The Hall–Kier alpha value is -1.16. The molecule has 1 rings (SSSR count). The summed E-state index contributed by atoms with van der Waals surface area (Å²) in [6.45, 7) is 12.2. The quantitative estimate of drug-likeness (QED) is 0.784. The van der Waals surface area contributed by atoms with Crippen LogP contribution in [0.4, 0.5) is 0 Å². The third-order valence-electron chi connectivity index (χ3n) is 3.27. The number of nitrogens with one attached hydrogen (secondary N) is 1. The van der Waals surface area contributed by atoms with Crippen LogP contribution >= 0.6 is 0 Å². The Kier molecular flexibility index (Phi) is 6.78. The molecular formula is C15H27N3O. The molecule has 1 N–H and O–H groups in total. The van der Waals surface area contributed by atoms with E-state index in [1.807, 2.05) is 19.9 Å². The van der Waals surface area contributed by atoms with Crippen molar-refractivity contribution in [2.45, 2.75) is 59.4 Å². The molecule has 0 amide bonds. The zero-order valence-corrected chi connectivity index (χ0v) is 12.9. The maximum Gasteiger partial charge on any atom is 0.216 e. The fourth-order valence-electron chi connectivity index (χ4n) is 2.31. The molecule has 1 aromatic rings. The molecule has 0 radical (unpaired) electrons.